The minimum absolute atomic E-state index is 0.668. The Kier molecular flexibility index (Phi) is 19.4. The summed E-state index contributed by atoms with van der Waals surface area (Å²) in [7, 11) is 0. The molecule has 2 heterocycles. The highest BCUT2D eigenvalue weighted by Crippen LogP contribution is 2.10. The van der Waals surface area contributed by atoms with Crippen LogP contribution < -0.4 is 11.1 Å². The van der Waals surface area contributed by atoms with Gasteiger partial charge in [0.25, 0.3) is 0 Å². The van der Waals surface area contributed by atoms with Gasteiger partial charge in [-0.15, -0.1) is 11.3 Å². The topological polar surface area (TPSA) is 85.8 Å². The van der Waals surface area contributed by atoms with Crippen molar-refractivity contribution in [1.29, 1.82) is 0 Å². The first-order chi connectivity index (χ1) is 11.7. The number of aryl methyl sites for hydroxylation is 2. The Bertz CT molecular complexity index is 471. The lowest BCUT2D eigenvalue weighted by atomic mass is 10.4. The van der Waals surface area contributed by atoms with Crippen LogP contribution in [0.2, 0.25) is 0 Å². The molecule has 1 amide bonds. The third-order valence-corrected chi connectivity index (χ3v) is 3.03. The fourth-order valence-electron chi connectivity index (χ4n) is 1.33. The molecule has 0 spiro atoms. The zero-order valence-corrected chi connectivity index (χ0v) is 16.5. The Hall–Kier alpha value is -1.89. The van der Waals surface area contributed by atoms with Gasteiger partial charge in [-0.25, -0.2) is 9.97 Å². The number of rotatable bonds is 6. The maximum atomic E-state index is 9.84. The van der Waals surface area contributed by atoms with Gasteiger partial charge < -0.3 is 15.6 Å². The molecule has 2 aromatic rings. The van der Waals surface area contributed by atoms with Gasteiger partial charge in [0.15, 0.2) is 5.13 Å². The van der Waals surface area contributed by atoms with Crippen LogP contribution in [-0.4, -0.2) is 27.5 Å². The molecule has 24 heavy (non-hydrogen) atoms. The molecule has 6 nitrogen and oxygen atoms in total. The van der Waals surface area contributed by atoms with Gasteiger partial charge in [-0.2, -0.15) is 0 Å². The van der Waals surface area contributed by atoms with E-state index >= 15 is 0 Å². The van der Waals surface area contributed by atoms with E-state index in [-0.39, 0.29) is 0 Å². The van der Waals surface area contributed by atoms with E-state index in [9.17, 15) is 4.79 Å². The Labute approximate surface area is 150 Å². The van der Waals surface area contributed by atoms with Gasteiger partial charge in [0.05, 0.1) is 12.0 Å². The molecule has 2 rings (SSSR count). The van der Waals surface area contributed by atoms with Crippen LogP contribution in [0.1, 0.15) is 53.2 Å². The van der Waals surface area contributed by atoms with E-state index < -0.39 is 0 Å². The predicted molar refractivity (Wildman–Crippen MR) is 104 cm³/mol. The molecule has 0 aliphatic heterocycles. The molecule has 0 aliphatic rings. The van der Waals surface area contributed by atoms with Crippen molar-refractivity contribution in [3.63, 3.8) is 0 Å². The van der Waals surface area contributed by atoms with Crippen LogP contribution >= 0.6 is 11.3 Å². The molecule has 3 N–H and O–H groups in total. The Morgan fingerprint density at radius 1 is 1.33 bits per heavy atom. The molecule has 0 aliphatic carbocycles. The van der Waals surface area contributed by atoms with Gasteiger partial charge in [-0.1, -0.05) is 41.0 Å². The molecular weight excluding hydrogens is 322 g/mol. The number of nitrogens with two attached hydrogens (primary N) is 1. The van der Waals surface area contributed by atoms with Gasteiger partial charge in [0.1, 0.15) is 0 Å². The molecule has 2 aromatic heterocycles. The predicted octanol–water partition coefficient (Wildman–Crippen LogP) is 3.75. The summed E-state index contributed by atoms with van der Waals surface area (Å²) in [5.41, 5.74) is 6.45. The lowest BCUT2D eigenvalue weighted by Crippen LogP contribution is -2.13. The molecule has 138 valence electrons. The van der Waals surface area contributed by atoms with Gasteiger partial charge in [0, 0.05) is 30.9 Å². The van der Waals surface area contributed by atoms with E-state index in [1.54, 1.807) is 12.5 Å². The number of carbonyl (C=O) groups is 1. The smallest absolute Gasteiger partial charge is 0.207 e. The number of imidazole rings is 1. The number of nitrogen functional groups attached to an aromatic ring is 1. The summed E-state index contributed by atoms with van der Waals surface area (Å²) in [4.78, 5) is 17.8. The zero-order valence-electron chi connectivity index (χ0n) is 15.7. The Balaban J connectivity index is 0. The molecule has 0 radical (unpaired) electrons. The number of hydrogen-bond acceptors (Lipinski definition) is 5. The van der Waals surface area contributed by atoms with E-state index in [1.807, 2.05) is 30.0 Å². The van der Waals surface area contributed by atoms with E-state index in [4.69, 9.17) is 5.73 Å². The molecule has 0 bridgehead atoms. The highest BCUT2D eigenvalue weighted by molar-refractivity contribution is 7.13. The second-order valence-electron chi connectivity index (χ2n) is 4.46. The van der Waals surface area contributed by atoms with Crippen LogP contribution in [0.3, 0.4) is 0 Å². The summed E-state index contributed by atoms with van der Waals surface area (Å²) in [6.45, 7) is 11.9. The summed E-state index contributed by atoms with van der Waals surface area (Å²) < 4.78 is 1.98. The summed E-state index contributed by atoms with van der Waals surface area (Å²) in [6, 6.07) is 0. The van der Waals surface area contributed by atoms with Crippen molar-refractivity contribution in [2.45, 2.75) is 60.4 Å². The van der Waals surface area contributed by atoms with E-state index in [0.29, 0.717) is 11.5 Å². The largest absolute Gasteiger partial charge is 0.375 e. The highest BCUT2D eigenvalue weighted by Gasteiger charge is 1.91. The third-order valence-electron chi connectivity index (χ3n) is 2.31. The number of nitrogens with one attached hydrogen (secondary N) is 1. The summed E-state index contributed by atoms with van der Waals surface area (Å²) in [6.07, 6.45) is 9.30. The second kappa shape index (κ2) is 19.2. The highest BCUT2D eigenvalue weighted by atomic mass is 32.1. The SMILES string of the molecule is CC.CCC.CCc1csc(N)n1.O=CNCCCn1ccnc1. The number of carbonyl (C=O) groups excluding carboxylic acids is 1. The number of anilines is 1. The number of thiazole rings is 1. The first-order valence-corrected chi connectivity index (χ1v) is 9.38. The van der Waals surface area contributed by atoms with Crippen LogP contribution in [-0.2, 0) is 17.8 Å². The molecule has 7 heteroatoms. The third kappa shape index (κ3) is 15.0. The standard InChI is InChI=1S/C7H11N3O.C5H8N2S.C3H8.C2H6/c11-7-9-2-1-4-10-5-3-8-6-10;1-2-4-3-8-5(6)7-4;1-3-2;1-2/h3,5-7H,1-2,4H2,(H,9,11);3H,2H2,1H3,(H2,6,7);3H2,1-2H3;1-2H3. The molecule has 0 saturated carbocycles. The van der Waals surface area contributed by atoms with Crippen molar-refractivity contribution in [2.24, 2.45) is 0 Å². The monoisotopic (exact) mass is 355 g/mol. The van der Waals surface area contributed by atoms with Crippen LogP contribution in [0.15, 0.2) is 24.1 Å². The number of amides is 1. The summed E-state index contributed by atoms with van der Waals surface area (Å²) in [5, 5.41) is 5.25. The van der Waals surface area contributed by atoms with Crippen LogP contribution in [0.25, 0.3) is 0 Å². The maximum absolute atomic E-state index is 9.84. The quantitative estimate of drug-likeness (QED) is 0.610. The van der Waals surface area contributed by atoms with E-state index in [1.165, 1.54) is 17.8 Å². The van der Waals surface area contributed by atoms with Crippen molar-refractivity contribution in [1.82, 2.24) is 19.9 Å². The average molecular weight is 356 g/mol. The average Bonchev–Trinajstić information content (AvgIpc) is 3.26. The summed E-state index contributed by atoms with van der Waals surface area (Å²) >= 11 is 1.50. The molecule has 0 aromatic carbocycles. The molecule has 0 unspecified atom stereocenters. The first-order valence-electron chi connectivity index (χ1n) is 8.50. The molecular formula is C17H33N5OS. The van der Waals surface area contributed by atoms with E-state index in [0.717, 1.165) is 31.6 Å². The van der Waals surface area contributed by atoms with Gasteiger partial charge in [-0.3, -0.25) is 4.79 Å². The number of nitrogens with zero attached hydrogens (tertiary/aromatic N) is 3. The minimum atomic E-state index is 0.668. The van der Waals surface area contributed by atoms with Crippen molar-refractivity contribution in [3.8, 4) is 0 Å². The minimum Gasteiger partial charge on any atom is -0.375 e. The first kappa shape index (κ1) is 24.4. The Morgan fingerprint density at radius 3 is 2.38 bits per heavy atom. The summed E-state index contributed by atoms with van der Waals surface area (Å²) in [5.74, 6) is 0. The molecule has 0 atom stereocenters. The van der Waals surface area contributed by atoms with Crippen molar-refractivity contribution in [3.05, 3.63) is 29.8 Å². The van der Waals surface area contributed by atoms with E-state index in [2.05, 4.69) is 36.1 Å². The fraction of sp³-hybridized carbons (Fsp3) is 0.588. The van der Waals surface area contributed by atoms with Crippen LogP contribution in [0, 0.1) is 0 Å². The van der Waals surface area contributed by atoms with Gasteiger partial charge >= 0.3 is 0 Å². The lowest BCUT2D eigenvalue weighted by molar-refractivity contribution is -0.109. The maximum Gasteiger partial charge on any atom is 0.207 e. The van der Waals surface area contributed by atoms with Gasteiger partial charge in [-0.05, 0) is 12.8 Å². The number of aromatic nitrogens is 3. The molecule has 0 fully saturated rings. The molecule has 0 saturated heterocycles. The van der Waals surface area contributed by atoms with Gasteiger partial charge in [0.2, 0.25) is 6.41 Å². The van der Waals surface area contributed by atoms with Crippen LogP contribution in [0.4, 0.5) is 5.13 Å². The Morgan fingerprint density at radius 2 is 2.00 bits per heavy atom. The fourth-order valence-corrected chi connectivity index (χ4v) is 1.97. The normalized spacial score (nSPS) is 8.54. The van der Waals surface area contributed by atoms with Crippen molar-refractivity contribution in [2.75, 3.05) is 12.3 Å². The van der Waals surface area contributed by atoms with Crippen molar-refractivity contribution >= 4 is 22.9 Å². The number of hydrogen-bond donors (Lipinski definition) is 2. The second-order valence-corrected chi connectivity index (χ2v) is 5.35. The zero-order chi connectivity index (χ0) is 18.6. The van der Waals surface area contributed by atoms with Crippen LogP contribution in [0.5, 0.6) is 0 Å². The lowest BCUT2D eigenvalue weighted by Gasteiger charge is -1.99. The van der Waals surface area contributed by atoms with Crippen molar-refractivity contribution < 1.29 is 4.79 Å².